The van der Waals surface area contributed by atoms with Crippen LogP contribution in [0, 0.1) is 10.1 Å². The average molecular weight is 615 g/mol. The van der Waals surface area contributed by atoms with Crippen LogP contribution in [0.1, 0.15) is 124 Å². The van der Waals surface area contributed by atoms with E-state index < -0.39 is 23.3 Å². The maximum Gasteiger partial charge on any atom is 0.269 e. The van der Waals surface area contributed by atoms with Gasteiger partial charge in [-0.3, -0.25) is 10.1 Å². The van der Waals surface area contributed by atoms with E-state index >= 15 is 0 Å². The highest BCUT2D eigenvalue weighted by atomic mass is 32.2. The molecule has 10 heteroatoms. The molecule has 0 amide bonds. The summed E-state index contributed by atoms with van der Waals surface area (Å²) in [4.78, 5) is 10.4. The minimum Gasteiger partial charge on any atom is -0.417 e. The number of sulfonamides is 1. The van der Waals surface area contributed by atoms with E-state index in [4.69, 9.17) is 4.43 Å². The lowest BCUT2D eigenvalue weighted by Gasteiger charge is -2.33. The van der Waals surface area contributed by atoms with Crippen LogP contribution in [0.4, 0.5) is 5.69 Å². The molecule has 0 bridgehead atoms. The first-order chi connectivity index (χ1) is 19.7. The minimum atomic E-state index is -3.84. The molecule has 41 heavy (non-hydrogen) atoms. The zero-order valence-corrected chi connectivity index (χ0v) is 27.9. The smallest absolute Gasteiger partial charge is 0.269 e. The van der Waals surface area contributed by atoms with Gasteiger partial charge >= 0.3 is 0 Å². The summed E-state index contributed by atoms with van der Waals surface area (Å²) in [7, 11) is -5.73. The molecule has 2 N–H and O–H groups in total. The third-order valence-electron chi connectivity index (χ3n) is 7.95. The van der Waals surface area contributed by atoms with Crippen LogP contribution >= 0.6 is 0 Å². The molecule has 1 aromatic rings. The Labute approximate surface area is 251 Å². The number of nitro benzene ring substituents is 1. The largest absolute Gasteiger partial charge is 0.417 e. The van der Waals surface area contributed by atoms with Crippen molar-refractivity contribution in [3.8, 4) is 0 Å². The number of nitrogens with one attached hydrogen (secondary N) is 1. The van der Waals surface area contributed by atoms with Crippen molar-refractivity contribution in [3.05, 3.63) is 34.4 Å². The molecule has 0 aromatic heterocycles. The number of aliphatic hydroxyl groups is 1. The summed E-state index contributed by atoms with van der Waals surface area (Å²) in [5, 5.41) is 20.3. The third kappa shape index (κ3) is 16.2. The zero-order chi connectivity index (χ0) is 30.4. The standard InChI is InChI=1S/C31H58N2O6SSi/c1-4-7-10-13-26-41(27-14-11-8-5-2,28-15-12-9-6-3)39-25-17-19-29(18-16-24-34)32-40(37,38)31-22-20-30(21-23-31)33(35)36/h20-23,29,32,34H,4-19,24-28H2,1-3H3/t29-/m0/s1. The first kappa shape index (κ1) is 37.7. The van der Waals surface area contributed by atoms with Crippen molar-refractivity contribution < 1.29 is 22.9 Å². The molecule has 0 aliphatic heterocycles. The molecule has 0 unspecified atom stereocenters. The van der Waals surface area contributed by atoms with Crippen LogP contribution in [-0.4, -0.2) is 46.0 Å². The number of non-ortho nitro benzene ring substituents is 1. The van der Waals surface area contributed by atoms with Crippen molar-refractivity contribution in [1.82, 2.24) is 4.72 Å². The molecule has 1 aromatic carbocycles. The van der Waals surface area contributed by atoms with Gasteiger partial charge in [-0.05, 0) is 55.9 Å². The van der Waals surface area contributed by atoms with Crippen LogP contribution in [0.3, 0.4) is 0 Å². The Bertz CT molecular complexity index is 882. The number of rotatable bonds is 27. The van der Waals surface area contributed by atoms with E-state index in [9.17, 15) is 23.6 Å². The van der Waals surface area contributed by atoms with Gasteiger partial charge < -0.3 is 9.53 Å². The summed E-state index contributed by atoms with van der Waals surface area (Å²) < 4.78 is 35.8. The molecule has 1 rings (SSSR count). The van der Waals surface area contributed by atoms with Crippen LogP contribution in [0.15, 0.2) is 29.2 Å². The van der Waals surface area contributed by atoms with Gasteiger partial charge in [-0.1, -0.05) is 97.8 Å². The van der Waals surface area contributed by atoms with Crippen molar-refractivity contribution in [1.29, 1.82) is 0 Å². The molecule has 0 fully saturated rings. The Morgan fingerprint density at radius 1 is 0.805 bits per heavy atom. The van der Waals surface area contributed by atoms with Gasteiger partial charge in [0.1, 0.15) is 0 Å². The zero-order valence-electron chi connectivity index (χ0n) is 26.1. The van der Waals surface area contributed by atoms with E-state index in [0.717, 1.165) is 6.42 Å². The Hall–Kier alpha value is -1.33. The summed E-state index contributed by atoms with van der Waals surface area (Å²) in [6.07, 6.45) is 17.5. The van der Waals surface area contributed by atoms with E-state index in [1.807, 2.05) is 0 Å². The van der Waals surface area contributed by atoms with E-state index in [-0.39, 0.29) is 23.2 Å². The molecule has 0 radical (unpaired) electrons. The summed E-state index contributed by atoms with van der Waals surface area (Å²) in [6, 6.07) is 8.29. The molecule has 0 aliphatic rings. The number of aliphatic hydroxyl groups excluding tert-OH is 1. The van der Waals surface area contributed by atoms with Gasteiger partial charge in [0.2, 0.25) is 10.0 Å². The van der Waals surface area contributed by atoms with E-state index in [1.54, 1.807) is 0 Å². The summed E-state index contributed by atoms with van der Waals surface area (Å²) >= 11 is 0. The van der Waals surface area contributed by atoms with E-state index in [0.29, 0.717) is 25.9 Å². The lowest BCUT2D eigenvalue weighted by Crippen LogP contribution is -2.39. The topological polar surface area (TPSA) is 119 Å². The summed E-state index contributed by atoms with van der Waals surface area (Å²) in [6.45, 7) is 7.39. The van der Waals surface area contributed by atoms with E-state index in [2.05, 4.69) is 25.5 Å². The second kappa shape index (κ2) is 22.2. The second-order valence-electron chi connectivity index (χ2n) is 11.5. The fraction of sp³-hybridized carbons (Fsp3) is 0.806. The van der Waals surface area contributed by atoms with Crippen LogP contribution in [0.5, 0.6) is 0 Å². The molecule has 8 nitrogen and oxygen atoms in total. The molecule has 238 valence electrons. The van der Waals surface area contributed by atoms with Crippen molar-refractivity contribution in [2.45, 2.75) is 153 Å². The van der Waals surface area contributed by atoms with Gasteiger partial charge in [-0.25, -0.2) is 13.1 Å². The minimum absolute atomic E-state index is 0.00440. The monoisotopic (exact) mass is 614 g/mol. The Morgan fingerprint density at radius 3 is 1.73 bits per heavy atom. The van der Waals surface area contributed by atoms with Crippen molar-refractivity contribution in [2.75, 3.05) is 13.2 Å². The molecule has 1 atom stereocenters. The number of nitrogens with zero attached hydrogens (tertiary/aromatic N) is 1. The fourth-order valence-corrected chi connectivity index (χ4v) is 11.2. The maximum atomic E-state index is 13.0. The molecule has 0 aliphatic carbocycles. The molecular weight excluding hydrogens is 557 g/mol. The number of hydrogen-bond acceptors (Lipinski definition) is 6. The average Bonchev–Trinajstić information content (AvgIpc) is 2.96. The van der Waals surface area contributed by atoms with Crippen LogP contribution in [-0.2, 0) is 14.4 Å². The molecule has 0 saturated heterocycles. The van der Waals surface area contributed by atoms with Gasteiger partial charge in [0.05, 0.1) is 9.82 Å². The summed E-state index contributed by atoms with van der Waals surface area (Å²) in [5.41, 5.74) is -0.148. The Balaban J connectivity index is 2.88. The highest BCUT2D eigenvalue weighted by Crippen LogP contribution is 2.31. The van der Waals surface area contributed by atoms with Crippen LogP contribution in [0.25, 0.3) is 0 Å². The van der Waals surface area contributed by atoms with Crippen molar-refractivity contribution >= 4 is 24.0 Å². The number of benzene rings is 1. The lowest BCUT2D eigenvalue weighted by atomic mass is 10.1. The predicted molar refractivity (Wildman–Crippen MR) is 171 cm³/mol. The van der Waals surface area contributed by atoms with Crippen LogP contribution in [0.2, 0.25) is 18.1 Å². The van der Waals surface area contributed by atoms with Gasteiger partial charge in [0, 0.05) is 31.4 Å². The number of hydrogen-bond donors (Lipinski definition) is 2. The Morgan fingerprint density at radius 2 is 1.29 bits per heavy atom. The third-order valence-corrected chi connectivity index (χ3v) is 14.1. The van der Waals surface area contributed by atoms with Crippen LogP contribution < -0.4 is 4.72 Å². The quantitative estimate of drug-likeness (QED) is 0.0444. The lowest BCUT2D eigenvalue weighted by molar-refractivity contribution is -0.384. The van der Waals surface area contributed by atoms with Gasteiger partial charge in [0.25, 0.3) is 5.69 Å². The Kier molecular flexibility index (Phi) is 20.4. The normalized spacial score (nSPS) is 13.0. The maximum absolute atomic E-state index is 13.0. The number of nitro groups is 1. The van der Waals surface area contributed by atoms with E-state index in [1.165, 1.54) is 119 Å². The number of unbranched alkanes of at least 4 members (excludes halogenated alkanes) is 9. The molecule has 0 heterocycles. The first-order valence-electron chi connectivity index (χ1n) is 16.2. The summed E-state index contributed by atoms with van der Waals surface area (Å²) in [5.74, 6) is 0. The van der Waals surface area contributed by atoms with Gasteiger partial charge in [-0.2, -0.15) is 0 Å². The van der Waals surface area contributed by atoms with Gasteiger partial charge in [0.15, 0.2) is 8.32 Å². The molecule has 0 saturated carbocycles. The fourth-order valence-electron chi connectivity index (χ4n) is 5.47. The highest BCUT2D eigenvalue weighted by Gasteiger charge is 2.33. The molecular formula is C31H58N2O6SSi. The van der Waals surface area contributed by atoms with Crippen molar-refractivity contribution in [3.63, 3.8) is 0 Å². The molecule has 0 spiro atoms. The predicted octanol–water partition coefficient (Wildman–Crippen LogP) is 8.50. The second-order valence-corrected chi connectivity index (χ2v) is 17.4. The first-order valence-corrected chi connectivity index (χ1v) is 20.3. The van der Waals surface area contributed by atoms with Crippen molar-refractivity contribution in [2.24, 2.45) is 0 Å². The highest BCUT2D eigenvalue weighted by molar-refractivity contribution is 7.89. The SMILES string of the molecule is CCCCCC[Si](CCCCCC)(CCCCCC)OCCC[C@H](CCCO)NS(=O)(=O)c1ccc([N+](=O)[O-])cc1. The van der Waals surface area contributed by atoms with Gasteiger partial charge in [-0.15, -0.1) is 0 Å².